The van der Waals surface area contributed by atoms with Crippen LogP contribution in [0.4, 0.5) is 17.1 Å². The van der Waals surface area contributed by atoms with E-state index in [0.29, 0.717) is 11.8 Å². The van der Waals surface area contributed by atoms with Crippen molar-refractivity contribution in [3.8, 4) is 11.4 Å². The summed E-state index contributed by atoms with van der Waals surface area (Å²) in [6, 6.07) is 62.0. The molecule has 0 N–H and O–H groups in total. The fourth-order valence-electron chi connectivity index (χ4n) is 12.8. The molecule has 1 aliphatic heterocycles. The van der Waals surface area contributed by atoms with Gasteiger partial charge in [0.05, 0.1) is 50.5 Å². The maximum absolute atomic E-state index is 2.62. The number of hydrogen-bond donors (Lipinski definition) is 0. The predicted molar refractivity (Wildman–Crippen MR) is 228 cm³/mol. The van der Waals surface area contributed by atoms with Crippen molar-refractivity contribution < 1.29 is 0 Å². The second-order valence-corrected chi connectivity index (χ2v) is 17.0. The monoisotopic (exact) mass is 707 g/mol. The number of aromatic nitrogens is 2. The molecular weight excluding hydrogens is 667 g/mol. The smallest absolute Gasteiger partial charge is 0.0541 e. The number of fused-ring (bicyclic) bond motifs is 8. The van der Waals surface area contributed by atoms with Crippen LogP contribution in [0.15, 0.2) is 164 Å². The number of anilines is 3. The van der Waals surface area contributed by atoms with E-state index in [1.807, 2.05) is 0 Å². The van der Waals surface area contributed by atoms with E-state index in [2.05, 4.69) is 178 Å². The Morgan fingerprint density at radius 3 is 1.13 bits per heavy atom. The van der Waals surface area contributed by atoms with Gasteiger partial charge < -0.3 is 14.0 Å². The molecule has 0 atom stereocenters. The summed E-state index contributed by atoms with van der Waals surface area (Å²) in [5, 5.41) is 5.11. The lowest BCUT2D eigenvalue weighted by Gasteiger charge is -2.64. The number of hydrogen-bond acceptors (Lipinski definition) is 1. The van der Waals surface area contributed by atoms with E-state index in [-0.39, 0.29) is 5.41 Å². The summed E-state index contributed by atoms with van der Waals surface area (Å²) in [5.74, 6) is 3.21. The van der Waals surface area contributed by atoms with Crippen molar-refractivity contribution in [3.63, 3.8) is 0 Å². The van der Waals surface area contributed by atoms with Crippen molar-refractivity contribution >= 4 is 60.7 Å². The first kappa shape index (κ1) is 30.3. The van der Waals surface area contributed by atoms with Gasteiger partial charge in [-0.1, -0.05) is 109 Å². The Morgan fingerprint density at radius 1 is 0.364 bits per heavy atom. The molecule has 3 nitrogen and oxygen atoms in total. The van der Waals surface area contributed by atoms with E-state index in [9.17, 15) is 0 Å². The summed E-state index contributed by atoms with van der Waals surface area (Å²) in [4.78, 5) is 2.62. The summed E-state index contributed by atoms with van der Waals surface area (Å²) in [6.45, 7) is 0. The first-order chi connectivity index (χ1) is 27.3. The Morgan fingerprint density at radius 2 is 0.709 bits per heavy atom. The minimum absolute atomic E-state index is 0.0667. The molecule has 3 heteroatoms. The fourth-order valence-corrected chi connectivity index (χ4v) is 12.8. The molecule has 7 aromatic carbocycles. The average molecular weight is 708 g/mol. The highest BCUT2D eigenvalue weighted by Crippen LogP contribution is 2.69. The number of benzene rings is 7. The Labute approximate surface area is 321 Å². The summed E-state index contributed by atoms with van der Waals surface area (Å²) < 4.78 is 4.99. The second kappa shape index (κ2) is 11.0. The van der Waals surface area contributed by atoms with Crippen molar-refractivity contribution in [2.45, 2.75) is 37.5 Å². The topological polar surface area (TPSA) is 13.1 Å². The van der Waals surface area contributed by atoms with Crippen molar-refractivity contribution in [2.75, 3.05) is 4.90 Å². The van der Waals surface area contributed by atoms with E-state index >= 15 is 0 Å². The zero-order valence-electron chi connectivity index (χ0n) is 30.8. The van der Waals surface area contributed by atoms with Crippen LogP contribution in [0.1, 0.15) is 43.2 Å². The highest BCUT2D eigenvalue weighted by Gasteiger charge is 2.61. The normalized spacial score (nSPS) is 21.9. The third-order valence-electron chi connectivity index (χ3n) is 14.4. The van der Waals surface area contributed by atoms with Crippen LogP contribution in [-0.2, 0) is 5.41 Å². The van der Waals surface area contributed by atoms with E-state index in [4.69, 9.17) is 0 Å². The molecule has 5 aliphatic rings. The van der Waals surface area contributed by atoms with Gasteiger partial charge in [-0.15, -0.1) is 0 Å². The van der Waals surface area contributed by atoms with Crippen molar-refractivity contribution in [3.05, 3.63) is 175 Å². The first-order valence-corrected chi connectivity index (χ1v) is 20.4. The number of nitrogens with zero attached hydrogens (tertiary/aromatic N) is 3. The lowest BCUT2D eigenvalue weighted by Crippen LogP contribution is -2.57. The fraction of sp³-hybridized carbons (Fsp3) is 0.192. The molecule has 55 heavy (non-hydrogen) atoms. The molecule has 4 saturated carbocycles. The van der Waals surface area contributed by atoms with Gasteiger partial charge in [0.15, 0.2) is 0 Å². The van der Waals surface area contributed by atoms with Crippen LogP contribution in [0.25, 0.3) is 55.0 Å². The Kier molecular flexibility index (Phi) is 6.06. The highest BCUT2D eigenvalue weighted by molar-refractivity contribution is 6.11. The molecule has 0 saturated heterocycles. The SMILES string of the molecule is c1ccc2c(c1)N(c1cc(-n3c4ccccc4c4ccccc43)cc(-n3c4ccccc4c4ccccc43)c1)c1ccccc1C21C2CC3CC(C2)CC1C3. The van der Waals surface area contributed by atoms with E-state index in [1.165, 1.54) is 92.8 Å². The maximum atomic E-state index is 2.62. The Bertz CT molecular complexity index is 2720. The zero-order chi connectivity index (χ0) is 35.8. The molecule has 0 radical (unpaired) electrons. The average Bonchev–Trinajstić information content (AvgIpc) is 3.75. The van der Waals surface area contributed by atoms with Crippen LogP contribution in [0.2, 0.25) is 0 Å². The lowest BCUT2D eigenvalue weighted by molar-refractivity contribution is -0.0419. The standard InChI is InChI=1S/C52H41N3/c1-7-19-46-40(13-1)41-14-2-8-20-47(41)53(46)37-30-38(54-48-21-9-3-15-42(48)43-16-4-10-22-49(43)54)32-39(31-37)55-50-23-11-5-17-44(50)52(45-18-6-12-24-51(45)55)35-26-33-25-34(28-35)29-36(52)27-33/h1-24,30-36H,25-29H2. The minimum Gasteiger partial charge on any atom is -0.310 e. The summed E-state index contributed by atoms with van der Waals surface area (Å²) in [5.41, 5.74) is 14.3. The molecular formula is C52H41N3. The van der Waals surface area contributed by atoms with Crippen molar-refractivity contribution in [2.24, 2.45) is 23.7 Å². The van der Waals surface area contributed by atoms with E-state index < -0.39 is 0 Å². The summed E-state index contributed by atoms with van der Waals surface area (Å²) >= 11 is 0. The van der Waals surface area contributed by atoms with Crippen LogP contribution in [0.3, 0.4) is 0 Å². The van der Waals surface area contributed by atoms with Crippen LogP contribution < -0.4 is 4.90 Å². The van der Waals surface area contributed by atoms with Gasteiger partial charge in [0, 0.05) is 27.0 Å². The van der Waals surface area contributed by atoms with Gasteiger partial charge >= 0.3 is 0 Å². The molecule has 1 spiro atoms. The third-order valence-corrected chi connectivity index (χ3v) is 14.4. The quantitative estimate of drug-likeness (QED) is 0.178. The Hall–Kier alpha value is -6.06. The van der Waals surface area contributed by atoms with E-state index in [0.717, 1.165) is 23.2 Å². The summed E-state index contributed by atoms with van der Waals surface area (Å²) in [7, 11) is 0. The molecule has 0 unspecified atom stereocenters. The van der Waals surface area contributed by atoms with Crippen LogP contribution in [0.5, 0.6) is 0 Å². The molecule has 4 bridgehead atoms. The molecule has 9 aromatic rings. The molecule has 4 aliphatic carbocycles. The zero-order valence-corrected chi connectivity index (χ0v) is 30.8. The van der Waals surface area contributed by atoms with Crippen LogP contribution in [-0.4, -0.2) is 9.13 Å². The molecule has 3 heterocycles. The first-order valence-electron chi connectivity index (χ1n) is 20.4. The molecule has 0 amide bonds. The molecule has 14 rings (SSSR count). The molecule has 2 aromatic heterocycles. The molecule has 264 valence electrons. The Balaban J connectivity index is 1.13. The molecule has 4 fully saturated rings. The van der Waals surface area contributed by atoms with Gasteiger partial charge in [0.1, 0.15) is 0 Å². The van der Waals surface area contributed by atoms with Gasteiger partial charge in [-0.2, -0.15) is 0 Å². The van der Waals surface area contributed by atoms with E-state index in [1.54, 1.807) is 11.1 Å². The highest BCUT2D eigenvalue weighted by atomic mass is 15.2. The van der Waals surface area contributed by atoms with Gasteiger partial charge in [-0.25, -0.2) is 0 Å². The number of para-hydroxylation sites is 6. The maximum Gasteiger partial charge on any atom is 0.0541 e. The van der Waals surface area contributed by atoms with Crippen molar-refractivity contribution in [1.29, 1.82) is 0 Å². The van der Waals surface area contributed by atoms with Crippen molar-refractivity contribution in [1.82, 2.24) is 9.13 Å². The van der Waals surface area contributed by atoms with Crippen LogP contribution >= 0.6 is 0 Å². The third kappa shape index (κ3) is 3.96. The lowest BCUT2D eigenvalue weighted by atomic mass is 9.41. The number of rotatable bonds is 3. The van der Waals surface area contributed by atoms with Crippen LogP contribution in [0, 0.1) is 23.7 Å². The second-order valence-electron chi connectivity index (χ2n) is 17.0. The predicted octanol–water partition coefficient (Wildman–Crippen LogP) is 13.4. The van der Waals surface area contributed by atoms with Gasteiger partial charge in [-0.3, -0.25) is 0 Å². The summed E-state index contributed by atoms with van der Waals surface area (Å²) in [6.07, 6.45) is 6.95. The minimum atomic E-state index is 0.0667. The largest absolute Gasteiger partial charge is 0.310 e. The van der Waals surface area contributed by atoms with Gasteiger partial charge in [0.25, 0.3) is 0 Å². The van der Waals surface area contributed by atoms with Gasteiger partial charge in [-0.05, 0) is 121 Å². The van der Waals surface area contributed by atoms with Gasteiger partial charge in [0.2, 0.25) is 0 Å².